The second-order valence-electron chi connectivity index (χ2n) is 9.95. The minimum atomic E-state index is -0.457. The number of pyridine rings is 1. The Bertz CT molecular complexity index is 1050. The zero-order valence-electron chi connectivity index (χ0n) is 21.5. The Labute approximate surface area is 213 Å². The lowest BCUT2D eigenvalue weighted by Crippen LogP contribution is -2.29. The molecule has 4 rings (SSSR count). The van der Waals surface area contributed by atoms with Gasteiger partial charge in [-0.1, -0.05) is 17.3 Å². The summed E-state index contributed by atoms with van der Waals surface area (Å²) < 4.78 is 11.4. The lowest BCUT2D eigenvalue weighted by molar-refractivity contribution is 0.0904. The molecule has 0 amide bonds. The average Bonchev–Trinajstić information content (AvgIpc) is 3.72. The number of likely N-dealkylation sites (N-methyl/N-ethyl adjacent to an activating group) is 1. The van der Waals surface area contributed by atoms with Crippen molar-refractivity contribution >= 4 is 17.2 Å². The Kier molecular flexibility index (Phi) is 8.88. The number of hydrogen-bond acceptors (Lipinski definition) is 9. The highest BCUT2D eigenvalue weighted by molar-refractivity contribution is 6.10. The van der Waals surface area contributed by atoms with Gasteiger partial charge in [0.15, 0.2) is 0 Å². The number of benzene rings is 1. The van der Waals surface area contributed by atoms with Crippen LogP contribution in [0.5, 0.6) is 5.75 Å². The highest BCUT2D eigenvalue weighted by atomic mass is 16.5. The summed E-state index contributed by atoms with van der Waals surface area (Å²) in [6.07, 6.45) is 3.98. The molecule has 0 radical (unpaired) electrons. The number of aromatic nitrogens is 1. The van der Waals surface area contributed by atoms with E-state index in [-0.39, 0.29) is 12.6 Å². The first-order valence-electron chi connectivity index (χ1n) is 12.9. The van der Waals surface area contributed by atoms with Crippen molar-refractivity contribution in [2.24, 2.45) is 11.1 Å². The maximum Gasteiger partial charge on any atom is 0.138 e. The zero-order chi connectivity index (χ0) is 25.5. The van der Waals surface area contributed by atoms with Gasteiger partial charge in [-0.3, -0.25) is 0 Å². The Hall–Kier alpha value is -3.04. The first-order chi connectivity index (χ1) is 17.5. The van der Waals surface area contributed by atoms with Crippen LogP contribution in [0.2, 0.25) is 0 Å². The third-order valence-corrected chi connectivity index (χ3v) is 6.44. The second kappa shape index (κ2) is 12.3. The molecule has 2 aliphatic rings. The van der Waals surface area contributed by atoms with Crippen LogP contribution in [0.25, 0.3) is 11.3 Å². The standard InChI is InChI=1S/C27H38N6O3/c1-17(2)30-27-25(26(28)18-7-8-18)24(31-20-9-11-35-12-10-20)14-23(32-27)19-5-4-6-22(13-19)36-16-21(33-34)15-29-3/h4-6,13-14,17-18,20-21,28-29H,7-12,15-16H2,1-3H3,(H2,30,31,32). The molecule has 36 heavy (non-hydrogen) atoms. The number of nitroso groups, excluding NO2 is 1. The SMILES string of the molecule is CNCC(COc1cccc(-c2cc(NC3CCOCC3)c(C(=N)C3CC3)c(NC(C)C)n2)c1)N=O. The van der Waals surface area contributed by atoms with Gasteiger partial charge in [0.2, 0.25) is 0 Å². The van der Waals surface area contributed by atoms with Gasteiger partial charge in [-0.25, -0.2) is 4.98 Å². The van der Waals surface area contributed by atoms with E-state index in [2.05, 4.69) is 41.0 Å². The van der Waals surface area contributed by atoms with E-state index in [1.54, 1.807) is 7.05 Å². The number of nitrogens with zero attached hydrogens (tertiary/aromatic N) is 2. The molecule has 194 valence electrons. The van der Waals surface area contributed by atoms with Crippen molar-refractivity contribution in [3.63, 3.8) is 0 Å². The highest BCUT2D eigenvalue weighted by Gasteiger charge is 2.32. The Morgan fingerprint density at radius 3 is 2.67 bits per heavy atom. The van der Waals surface area contributed by atoms with Crippen molar-refractivity contribution < 1.29 is 9.47 Å². The minimum Gasteiger partial charge on any atom is -0.491 e. The second-order valence-corrected chi connectivity index (χ2v) is 9.95. The lowest BCUT2D eigenvalue weighted by atomic mass is 10.00. The fourth-order valence-corrected chi connectivity index (χ4v) is 4.40. The molecule has 1 aliphatic carbocycles. The van der Waals surface area contributed by atoms with Gasteiger partial charge in [0.1, 0.15) is 24.2 Å². The summed E-state index contributed by atoms with van der Waals surface area (Å²) in [6.45, 7) is 6.32. The van der Waals surface area contributed by atoms with Crippen molar-refractivity contribution in [2.75, 3.05) is 44.0 Å². The number of hydrogen-bond donors (Lipinski definition) is 4. The molecule has 1 aromatic carbocycles. The molecule has 1 saturated heterocycles. The molecule has 1 aromatic heterocycles. The molecule has 9 heteroatoms. The van der Waals surface area contributed by atoms with Gasteiger partial charge in [-0.15, -0.1) is 0 Å². The number of rotatable bonds is 13. The number of ether oxygens (including phenoxy) is 2. The molecule has 1 atom stereocenters. The summed E-state index contributed by atoms with van der Waals surface area (Å²) in [7, 11) is 1.78. The Morgan fingerprint density at radius 1 is 1.22 bits per heavy atom. The van der Waals surface area contributed by atoms with E-state index < -0.39 is 6.04 Å². The monoisotopic (exact) mass is 494 g/mol. The van der Waals surface area contributed by atoms with E-state index in [1.807, 2.05) is 24.3 Å². The van der Waals surface area contributed by atoms with Crippen molar-refractivity contribution in [2.45, 2.75) is 57.7 Å². The molecule has 2 aromatic rings. The molecule has 1 unspecified atom stereocenters. The quantitative estimate of drug-likeness (QED) is 0.236. The van der Waals surface area contributed by atoms with Crippen LogP contribution in [0.3, 0.4) is 0 Å². The van der Waals surface area contributed by atoms with Gasteiger partial charge in [-0.05, 0) is 64.8 Å². The van der Waals surface area contributed by atoms with E-state index in [9.17, 15) is 4.91 Å². The van der Waals surface area contributed by atoms with Crippen molar-refractivity contribution in [3.8, 4) is 17.0 Å². The van der Waals surface area contributed by atoms with Gasteiger partial charge in [-0.2, -0.15) is 4.91 Å². The summed E-state index contributed by atoms with van der Waals surface area (Å²) in [5, 5.41) is 22.3. The maximum absolute atomic E-state index is 11.1. The number of nitrogens with one attached hydrogen (secondary N) is 4. The fraction of sp³-hybridized carbons (Fsp3) is 0.556. The van der Waals surface area contributed by atoms with Gasteiger partial charge < -0.3 is 30.8 Å². The smallest absolute Gasteiger partial charge is 0.138 e. The average molecular weight is 495 g/mol. The molecular weight excluding hydrogens is 456 g/mol. The van der Waals surface area contributed by atoms with Crippen LogP contribution in [0.1, 0.15) is 45.1 Å². The topological polar surface area (TPSA) is 121 Å². The van der Waals surface area contributed by atoms with Crippen LogP contribution in [-0.2, 0) is 4.74 Å². The summed E-state index contributed by atoms with van der Waals surface area (Å²) in [4.78, 5) is 16.1. The van der Waals surface area contributed by atoms with Crippen LogP contribution in [-0.4, -0.2) is 62.2 Å². The summed E-state index contributed by atoms with van der Waals surface area (Å²) in [5.41, 5.74) is 4.17. The molecule has 2 fully saturated rings. The van der Waals surface area contributed by atoms with Crippen LogP contribution in [0, 0.1) is 16.2 Å². The van der Waals surface area contributed by atoms with Crippen LogP contribution < -0.4 is 20.7 Å². The molecule has 1 aliphatic heterocycles. The molecule has 9 nitrogen and oxygen atoms in total. The van der Waals surface area contributed by atoms with Crippen LogP contribution >= 0.6 is 0 Å². The van der Waals surface area contributed by atoms with Gasteiger partial charge in [0, 0.05) is 54.7 Å². The van der Waals surface area contributed by atoms with E-state index in [0.717, 1.165) is 67.2 Å². The van der Waals surface area contributed by atoms with Crippen LogP contribution in [0.4, 0.5) is 11.5 Å². The van der Waals surface area contributed by atoms with E-state index in [4.69, 9.17) is 19.9 Å². The van der Waals surface area contributed by atoms with Gasteiger partial charge >= 0.3 is 0 Å². The fourth-order valence-electron chi connectivity index (χ4n) is 4.40. The van der Waals surface area contributed by atoms with Crippen molar-refractivity contribution in [1.82, 2.24) is 10.3 Å². The molecule has 2 heterocycles. The maximum atomic E-state index is 11.1. The lowest BCUT2D eigenvalue weighted by Gasteiger charge is -2.27. The zero-order valence-corrected chi connectivity index (χ0v) is 21.5. The summed E-state index contributed by atoms with van der Waals surface area (Å²) in [6, 6.07) is 9.80. The summed E-state index contributed by atoms with van der Waals surface area (Å²) in [5.74, 6) is 1.69. The van der Waals surface area contributed by atoms with Gasteiger partial charge in [0.05, 0.1) is 11.3 Å². The van der Waals surface area contributed by atoms with Crippen molar-refractivity contribution in [3.05, 3.63) is 40.8 Å². The first-order valence-corrected chi connectivity index (χ1v) is 12.9. The Morgan fingerprint density at radius 2 is 2.00 bits per heavy atom. The van der Waals surface area contributed by atoms with Crippen molar-refractivity contribution in [1.29, 1.82) is 5.41 Å². The van der Waals surface area contributed by atoms with E-state index >= 15 is 0 Å². The molecule has 0 bridgehead atoms. The number of anilines is 2. The third kappa shape index (κ3) is 6.79. The molecule has 4 N–H and O–H groups in total. The minimum absolute atomic E-state index is 0.170. The van der Waals surface area contributed by atoms with Gasteiger partial charge in [0.25, 0.3) is 0 Å². The summed E-state index contributed by atoms with van der Waals surface area (Å²) >= 11 is 0. The third-order valence-electron chi connectivity index (χ3n) is 6.44. The molecular formula is C27H38N6O3. The Balaban J connectivity index is 1.69. The predicted octanol–water partition coefficient (Wildman–Crippen LogP) is 4.67. The van der Waals surface area contributed by atoms with E-state index in [1.165, 1.54) is 0 Å². The van der Waals surface area contributed by atoms with Crippen LogP contribution in [0.15, 0.2) is 35.5 Å². The molecule has 0 spiro atoms. The largest absolute Gasteiger partial charge is 0.491 e. The molecule has 1 saturated carbocycles. The predicted molar refractivity (Wildman–Crippen MR) is 144 cm³/mol. The first kappa shape index (κ1) is 26.0. The normalized spacial score (nSPS) is 17.0. The highest BCUT2D eigenvalue weighted by Crippen LogP contribution is 2.39. The van der Waals surface area contributed by atoms with E-state index in [0.29, 0.717) is 30.0 Å².